The number of nitrogens with zero attached hydrogens (tertiary/aromatic N) is 2. The number of hydrogen-bond acceptors (Lipinski definition) is 5. The van der Waals surface area contributed by atoms with Crippen LogP contribution in [0.4, 0.5) is 5.95 Å². The van der Waals surface area contributed by atoms with Gasteiger partial charge < -0.3 is 24.7 Å². The fourth-order valence-corrected chi connectivity index (χ4v) is 4.08. The van der Waals surface area contributed by atoms with Crippen molar-refractivity contribution in [3.8, 4) is 11.5 Å². The summed E-state index contributed by atoms with van der Waals surface area (Å²) in [5, 5.41) is 3.09. The molecular formula is C24H30N4O3. The summed E-state index contributed by atoms with van der Waals surface area (Å²) in [6.07, 6.45) is 1.85. The van der Waals surface area contributed by atoms with Gasteiger partial charge in [0, 0.05) is 19.6 Å². The summed E-state index contributed by atoms with van der Waals surface area (Å²) in [5.41, 5.74) is 4.17. The Labute approximate surface area is 182 Å². The van der Waals surface area contributed by atoms with E-state index in [0.29, 0.717) is 31.2 Å². The monoisotopic (exact) mass is 422 g/mol. The van der Waals surface area contributed by atoms with Crippen LogP contribution in [0.15, 0.2) is 36.4 Å². The second kappa shape index (κ2) is 9.29. The molecule has 7 heteroatoms. The first-order valence-electron chi connectivity index (χ1n) is 10.9. The Bertz CT molecular complexity index is 1060. The Hall–Kier alpha value is -3.22. The third-order valence-electron chi connectivity index (χ3n) is 5.71. The third-order valence-corrected chi connectivity index (χ3v) is 5.71. The first kappa shape index (κ1) is 21.0. The number of imidazole rings is 1. The number of anilines is 1. The molecule has 0 unspecified atom stereocenters. The van der Waals surface area contributed by atoms with Gasteiger partial charge in [-0.15, -0.1) is 0 Å². The van der Waals surface area contributed by atoms with Crippen LogP contribution in [-0.4, -0.2) is 42.7 Å². The summed E-state index contributed by atoms with van der Waals surface area (Å²) in [5.74, 6) is 2.25. The Morgan fingerprint density at radius 2 is 2.13 bits per heavy atom. The van der Waals surface area contributed by atoms with Crippen molar-refractivity contribution in [1.82, 2.24) is 15.3 Å². The zero-order chi connectivity index (χ0) is 21.8. The van der Waals surface area contributed by atoms with Crippen molar-refractivity contribution in [1.29, 1.82) is 0 Å². The Morgan fingerprint density at radius 3 is 2.94 bits per heavy atom. The molecule has 1 aliphatic rings. The van der Waals surface area contributed by atoms with E-state index in [1.54, 1.807) is 7.11 Å². The maximum Gasteiger partial charge on any atom is 0.225 e. The van der Waals surface area contributed by atoms with E-state index in [0.717, 1.165) is 41.9 Å². The minimum absolute atomic E-state index is 0.0618. The van der Waals surface area contributed by atoms with E-state index in [-0.39, 0.29) is 11.8 Å². The summed E-state index contributed by atoms with van der Waals surface area (Å²) in [4.78, 5) is 23.2. The average Bonchev–Trinajstić information content (AvgIpc) is 3.21. The predicted molar refractivity (Wildman–Crippen MR) is 122 cm³/mol. The summed E-state index contributed by atoms with van der Waals surface area (Å²) in [6, 6.07) is 11.9. The van der Waals surface area contributed by atoms with Crippen molar-refractivity contribution in [3.63, 3.8) is 0 Å². The molecule has 0 aliphatic carbocycles. The number of rotatable bonds is 7. The molecule has 0 radical (unpaired) electrons. The van der Waals surface area contributed by atoms with Gasteiger partial charge in [-0.25, -0.2) is 4.98 Å². The molecule has 7 nitrogen and oxygen atoms in total. The summed E-state index contributed by atoms with van der Waals surface area (Å²) >= 11 is 0. The molecule has 1 saturated heterocycles. The Morgan fingerprint density at radius 1 is 1.26 bits per heavy atom. The number of nitrogens with one attached hydrogen (secondary N) is 2. The molecule has 3 aromatic rings. The van der Waals surface area contributed by atoms with Crippen molar-refractivity contribution in [2.24, 2.45) is 5.92 Å². The second-order valence-corrected chi connectivity index (χ2v) is 8.00. The fourth-order valence-electron chi connectivity index (χ4n) is 4.08. The molecule has 2 heterocycles. The molecule has 1 atom stereocenters. The maximum absolute atomic E-state index is 12.9. The highest BCUT2D eigenvalue weighted by atomic mass is 16.5. The van der Waals surface area contributed by atoms with E-state index >= 15 is 0 Å². The normalized spacial score (nSPS) is 16.4. The van der Waals surface area contributed by atoms with Crippen LogP contribution in [0.1, 0.15) is 30.9 Å². The molecule has 4 rings (SSSR count). The molecule has 1 aromatic heterocycles. The summed E-state index contributed by atoms with van der Waals surface area (Å²) < 4.78 is 11.0. The van der Waals surface area contributed by atoms with Crippen molar-refractivity contribution in [2.75, 3.05) is 31.7 Å². The van der Waals surface area contributed by atoms with E-state index in [2.05, 4.69) is 34.3 Å². The number of carbonyl (C=O) groups is 1. The number of hydrogen-bond donors (Lipinski definition) is 2. The summed E-state index contributed by atoms with van der Waals surface area (Å²) in [7, 11) is 1.62. The molecule has 31 heavy (non-hydrogen) atoms. The van der Waals surface area contributed by atoms with Crippen LogP contribution in [0.25, 0.3) is 11.0 Å². The number of methoxy groups -OCH3 is 1. The summed E-state index contributed by atoms with van der Waals surface area (Å²) in [6.45, 7) is 6.60. The van der Waals surface area contributed by atoms with Crippen LogP contribution in [-0.2, 0) is 11.3 Å². The molecule has 0 bridgehead atoms. The van der Waals surface area contributed by atoms with Crippen LogP contribution >= 0.6 is 0 Å². The minimum Gasteiger partial charge on any atom is -0.493 e. The zero-order valence-corrected chi connectivity index (χ0v) is 18.4. The highest BCUT2D eigenvalue weighted by molar-refractivity contribution is 5.80. The number of H-pyrrole nitrogens is 1. The first-order chi connectivity index (χ1) is 15.1. The van der Waals surface area contributed by atoms with E-state index in [1.807, 2.05) is 31.2 Å². The van der Waals surface area contributed by atoms with Crippen molar-refractivity contribution < 1.29 is 14.3 Å². The number of carbonyl (C=O) groups excluding carboxylic acids is 1. The molecule has 2 N–H and O–H groups in total. The predicted octanol–water partition coefficient (Wildman–Crippen LogP) is 3.81. The van der Waals surface area contributed by atoms with Crippen molar-refractivity contribution in [2.45, 2.75) is 33.2 Å². The zero-order valence-electron chi connectivity index (χ0n) is 18.4. The highest BCUT2D eigenvalue weighted by Crippen LogP contribution is 2.28. The van der Waals surface area contributed by atoms with Gasteiger partial charge in [-0.2, -0.15) is 0 Å². The van der Waals surface area contributed by atoms with E-state index in [9.17, 15) is 4.79 Å². The van der Waals surface area contributed by atoms with Gasteiger partial charge in [0.15, 0.2) is 11.5 Å². The first-order valence-corrected chi connectivity index (χ1v) is 10.9. The van der Waals surface area contributed by atoms with Crippen LogP contribution < -0.4 is 19.7 Å². The Balaban J connectivity index is 1.39. The molecule has 164 valence electrons. The fraction of sp³-hybridized carbons (Fsp3) is 0.417. The van der Waals surface area contributed by atoms with E-state index in [1.165, 1.54) is 5.56 Å². The average molecular weight is 423 g/mol. The minimum atomic E-state index is -0.0618. The lowest BCUT2D eigenvalue weighted by Gasteiger charge is -2.31. The van der Waals surface area contributed by atoms with Crippen LogP contribution in [0.5, 0.6) is 11.5 Å². The standard InChI is InChI=1S/C24H30N4O3/c1-4-31-22-13-17(8-10-21(22)30-3)14-25-23(29)18-6-5-11-28(15-18)24-26-19-9-7-16(2)12-20(19)27-24/h7-10,12-13,18H,4-6,11,14-15H2,1-3H3,(H,25,29)(H,26,27)/t18-/m0/s1. The Kier molecular flexibility index (Phi) is 6.30. The number of ether oxygens (including phenoxy) is 2. The lowest BCUT2D eigenvalue weighted by molar-refractivity contribution is -0.125. The van der Waals surface area contributed by atoms with Gasteiger partial charge in [0.2, 0.25) is 11.9 Å². The quantitative estimate of drug-likeness (QED) is 0.605. The van der Waals surface area contributed by atoms with E-state index in [4.69, 9.17) is 14.5 Å². The van der Waals surface area contributed by atoms with Gasteiger partial charge in [-0.3, -0.25) is 4.79 Å². The molecule has 0 spiro atoms. The van der Waals surface area contributed by atoms with Gasteiger partial charge in [-0.1, -0.05) is 12.1 Å². The number of benzene rings is 2. The second-order valence-electron chi connectivity index (χ2n) is 8.00. The van der Waals surface area contributed by atoms with Crippen LogP contribution in [0.3, 0.4) is 0 Å². The van der Waals surface area contributed by atoms with Gasteiger partial charge in [0.25, 0.3) is 0 Å². The number of piperidine rings is 1. The molecule has 1 fully saturated rings. The smallest absolute Gasteiger partial charge is 0.225 e. The molecular weight excluding hydrogens is 392 g/mol. The lowest BCUT2D eigenvalue weighted by Crippen LogP contribution is -2.43. The third kappa shape index (κ3) is 4.76. The molecule has 2 aromatic carbocycles. The van der Waals surface area contributed by atoms with Gasteiger partial charge in [0.05, 0.1) is 30.7 Å². The number of fused-ring (bicyclic) bond motifs is 1. The van der Waals surface area contributed by atoms with Crippen LogP contribution in [0.2, 0.25) is 0 Å². The molecule has 1 aliphatic heterocycles. The SMILES string of the molecule is CCOc1cc(CNC(=O)[C@H]2CCCN(c3nc4ccc(C)cc4[nH]3)C2)ccc1OC. The largest absolute Gasteiger partial charge is 0.493 e. The highest BCUT2D eigenvalue weighted by Gasteiger charge is 2.27. The topological polar surface area (TPSA) is 79.5 Å². The maximum atomic E-state index is 12.9. The van der Waals surface area contributed by atoms with Gasteiger partial charge in [0.1, 0.15) is 0 Å². The molecule has 1 amide bonds. The van der Waals surface area contributed by atoms with E-state index < -0.39 is 0 Å². The lowest BCUT2D eigenvalue weighted by atomic mass is 9.97. The van der Waals surface area contributed by atoms with Crippen molar-refractivity contribution >= 4 is 22.9 Å². The number of aromatic amines is 1. The van der Waals surface area contributed by atoms with Gasteiger partial charge >= 0.3 is 0 Å². The van der Waals surface area contributed by atoms with Crippen molar-refractivity contribution in [3.05, 3.63) is 47.5 Å². The molecule has 0 saturated carbocycles. The van der Waals surface area contributed by atoms with Gasteiger partial charge in [-0.05, 0) is 62.1 Å². The van der Waals surface area contributed by atoms with Crippen LogP contribution in [0, 0.1) is 12.8 Å². The number of aromatic nitrogens is 2. The number of amides is 1. The number of aryl methyl sites for hydroxylation is 1.